The van der Waals surface area contributed by atoms with Gasteiger partial charge in [0.15, 0.2) is 5.78 Å². The van der Waals surface area contributed by atoms with Crippen molar-refractivity contribution in [2.24, 2.45) is 11.3 Å². The summed E-state index contributed by atoms with van der Waals surface area (Å²) in [7, 11) is 0. The van der Waals surface area contributed by atoms with E-state index in [1.165, 1.54) is 10.6 Å². The van der Waals surface area contributed by atoms with E-state index in [9.17, 15) is 14.4 Å². The van der Waals surface area contributed by atoms with Gasteiger partial charge in [-0.3, -0.25) is 19.0 Å². The van der Waals surface area contributed by atoms with Crippen molar-refractivity contribution in [2.75, 3.05) is 5.32 Å². The maximum atomic E-state index is 12.7. The molecule has 7 nitrogen and oxygen atoms in total. The lowest BCUT2D eigenvalue weighted by Gasteiger charge is -2.14. The summed E-state index contributed by atoms with van der Waals surface area (Å²) in [5.74, 6) is 0.189. The molecule has 30 heavy (non-hydrogen) atoms. The lowest BCUT2D eigenvalue weighted by atomic mass is 10.0. The number of carbonyl (C=O) groups excluding carboxylic acids is 2. The number of aryl methyl sites for hydroxylation is 1. The standard InChI is InChI=1S/C22H21ClN4O3/c1-13-25-19(9-20(29)27(13)11-16(28)10-22(12-24)6-7-22)17-5-4-15(23)8-18(17)26-21(30)14-2-3-14/h4-5,8-9,14H,2-3,6-7,10-11H2,1H3,(H,26,30). The van der Waals surface area contributed by atoms with Gasteiger partial charge in [-0.05, 0) is 50.8 Å². The van der Waals surface area contributed by atoms with Crippen LogP contribution in [0.1, 0.15) is 37.9 Å². The van der Waals surface area contributed by atoms with Crippen LogP contribution >= 0.6 is 11.6 Å². The molecule has 1 heterocycles. The first-order chi connectivity index (χ1) is 14.3. The highest BCUT2D eigenvalue weighted by Gasteiger charge is 2.44. The first-order valence-electron chi connectivity index (χ1n) is 9.92. The zero-order chi connectivity index (χ0) is 21.5. The smallest absolute Gasteiger partial charge is 0.254 e. The number of amides is 1. The maximum absolute atomic E-state index is 12.7. The summed E-state index contributed by atoms with van der Waals surface area (Å²) >= 11 is 6.10. The minimum atomic E-state index is -0.542. The van der Waals surface area contributed by atoms with Crippen LogP contribution in [-0.4, -0.2) is 21.2 Å². The lowest BCUT2D eigenvalue weighted by Crippen LogP contribution is -2.28. The van der Waals surface area contributed by atoms with Crippen molar-refractivity contribution in [3.05, 3.63) is 45.5 Å². The molecule has 2 fully saturated rings. The van der Waals surface area contributed by atoms with Gasteiger partial charge in [-0.2, -0.15) is 5.26 Å². The third-order valence-electron chi connectivity index (χ3n) is 5.62. The van der Waals surface area contributed by atoms with Crippen LogP contribution in [0.2, 0.25) is 5.02 Å². The third-order valence-corrected chi connectivity index (χ3v) is 5.86. The van der Waals surface area contributed by atoms with Gasteiger partial charge < -0.3 is 5.32 Å². The van der Waals surface area contributed by atoms with E-state index in [1.54, 1.807) is 25.1 Å². The number of aromatic nitrogens is 2. The third kappa shape index (κ3) is 4.29. The summed E-state index contributed by atoms with van der Waals surface area (Å²) in [5, 5.41) is 12.5. The molecule has 1 N–H and O–H groups in total. The molecule has 2 aliphatic rings. The van der Waals surface area contributed by atoms with Crippen molar-refractivity contribution in [1.82, 2.24) is 9.55 Å². The van der Waals surface area contributed by atoms with Gasteiger partial charge in [0.2, 0.25) is 5.91 Å². The van der Waals surface area contributed by atoms with E-state index in [0.717, 1.165) is 25.7 Å². The normalized spacial score (nSPS) is 16.6. The summed E-state index contributed by atoms with van der Waals surface area (Å²) in [6.07, 6.45) is 3.36. The molecule has 0 aliphatic heterocycles. The van der Waals surface area contributed by atoms with Crippen molar-refractivity contribution >= 4 is 29.0 Å². The van der Waals surface area contributed by atoms with Gasteiger partial charge in [-0.1, -0.05) is 11.6 Å². The summed E-state index contributed by atoms with van der Waals surface area (Å²) < 4.78 is 1.32. The predicted molar refractivity (Wildman–Crippen MR) is 112 cm³/mol. The molecule has 1 aromatic heterocycles. The number of ketones is 1. The summed E-state index contributed by atoms with van der Waals surface area (Å²) in [6.45, 7) is 1.56. The number of rotatable bonds is 7. The second-order valence-electron chi connectivity index (χ2n) is 8.17. The SMILES string of the molecule is Cc1nc(-c2ccc(Cl)cc2NC(=O)C2CC2)cc(=O)n1CC(=O)CC1(C#N)CC1. The van der Waals surface area contributed by atoms with E-state index >= 15 is 0 Å². The van der Waals surface area contributed by atoms with E-state index < -0.39 is 5.41 Å². The van der Waals surface area contributed by atoms with Crippen molar-refractivity contribution in [3.8, 4) is 17.3 Å². The minimum absolute atomic E-state index is 0.0220. The van der Waals surface area contributed by atoms with E-state index in [1.807, 2.05) is 0 Å². The number of Topliss-reactive ketones (excluding diaryl/α,β-unsaturated/α-hetero) is 1. The fraction of sp³-hybridized carbons (Fsp3) is 0.409. The number of hydrogen-bond donors (Lipinski definition) is 1. The number of anilines is 1. The van der Waals surface area contributed by atoms with Gasteiger partial charge >= 0.3 is 0 Å². The zero-order valence-electron chi connectivity index (χ0n) is 16.6. The molecule has 0 bridgehead atoms. The summed E-state index contributed by atoms with van der Waals surface area (Å²) in [4.78, 5) is 41.8. The molecule has 0 saturated heterocycles. The van der Waals surface area contributed by atoms with Gasteiger partial charge in [0.25, 0.3) is 5.56 Å². The Bertz CT molecular complexity index is 1140. The van der Waals surface area contributed by atoms with Crippen LogP contribution in [-0.2, 0) is 16.1 Å². The molecule has 1 aromatic carbocycles. The molecule has 4 rings (SSSR count). The van der Waals surface area contributed by atoms with E-state index in [0.29, 0.717) is 27.8 Å². The fourth-order valence-electron chi connectivity index (χ4n) is 3.46. The lowest BCUT2D eigenvalue weighted by molar-refractivity contribution is -0.120. The summed E-state index contributed by atoms with van der Waals surface area (Å²) in [5.41, 5.74) is 0.597. The molecular weight excluding hydrogens is 404 g/mol. The Kier molecular flexibility index (Phi) is 5.20. The molecule has 154 valence electrons. The molecule has 0 radical (unpaired) electrons. The molecule has 0 unspecified atom stereocenters. The largest absolute Gasteiger partial charge is 0.325 e. The van der Waals surface area contributed by atoms with Crippen molar-refractivity contribution in [3.63, 3.8) is 0 Å². The maximum Gasteiger partial charge on any atom is 0.254 e. The first kappa shape index (κ1) is 20.3. The number of nitrogens with zero attached hydrogens (tertiary/aromatic N) is 3. The topological polar surface area (TPSA) is 105 Å². The Hall–Kier alpha value is -2.98. The van der Waals surface area contributed by atoms with Crippen LogP contribution in [0.5, 0.6) is 0 Å². The quantitative estimate of drug-likeness (QED) is 0.732. The first-order valence-corrected chi connectivity index (χ1v) is 10.3. The van der Waals surface area contributed by atoms with E-state index in [4.69, 9.17) is 16.9 Å². The fourth-order valence-corrected chi connectivity index (χ4v) is 3.64. The Morgan fingerprint density at radius 1 is 1.33 bits per heavy atom. The van der Waals surface area contributed by atoms with Gasteiger partial charge in [-0.15, -0.1) is 0 Å². The number of hydrogen-bond acceptors (Lipinski definition) is 5. The van der Waals surface area contributed by atoms with Crippen molar-refractivity contribution in [2.45, 2.75) is 45.6 Å². The molecule has 0 atom stereocenters. The summed E-state index contributed by atoms with van der Waals surface area (Å²) in [6, 6.07) is 8.58. The average molecular weight is 425 g/mol. The molecule has 8 heteroatoms. The number of halogens is 1. The van der Waals surface area contributed by atoms with Crippen molar-refractivity contribution in [1.29, 1.82) is 5.26 Å². The van der Waals surface area contributed by atoms with Crippen LogP contribution in [0.15, 0.2) is 29.1 Å². The predicted octanol–water partition coefficient (Wildman–Crippen LogP) is 3.48. The van der Waals surface area contributed by atoms with E-state index in [-0.39, 0.29) is 36.1 Å². The molecule has 2 aromatic rings. The Balaban J connectivity index is 1.60. The number of nitriles is 1. The van der Waals surface area contributed by atoms with Gasteiger partial charge in [0, 0.05) is 29.0 Å². The average Bonchev–Trinajstić information content (AvgIpc) is 3.59. The minimum Gasteiger partial charge on any atom is -0.325 e. The number of nitrogens with one attached hydrogen (secondary N) is 1. The van der Waals surface area contributed by atoms with Gasteiger partial charge in [-0.25, -0.2) is 4.98 Å². The van der Waals surface area contributed by atoms with Gasteiger partial charge in [0.1, 0.15) is 5.82 Å². The monoisotopic (exact) mass is 424 g/mol. The van der Waals surface area contributed by atoms with Crippen LogP contribution in [0.25, 0.3) is 11.3 Å². The van der Waals surface area contributed by atoms with Crippen LogP contribution < -0.4 is 10.9 Å². The van der Waals surface area contributed by atoms with Crippen LogP contribution in [0.4, 0.5) is 5.69 Å². The number of benzene rings is 1. The molecular formula is C22H21ClN4O3. The Morgan fingerprint density at radius 3 is 2.67 bits per heavy atom. The number of carbonyl (C=O) groups is 2. The molecule has 1 amide bonds. The Morgan fingerprint density at radius 2 is 2.07 bits per heavy atom. The zero-order valence-corrected chi connectivity index (χ0v) is 17.3. The second-order valence-corrected chi connectivity index (χ2v) is 8.61. The highest BCUT2D eigenvalue weighted by atomic mass is 35.5. The van der Waals surface area contributed by atoms with Crippen LogP contribution in [0.3, 0.4) is 0 Å². The van der Waals surface area contributed by atoms with Crippen LogP contribution in [0, 0.1) is 29.6 Å². The molecule has 2 aliphatic carbocycles. The Labute approximate surface area is 178 Å². The van der Waals surface area contributed by atoms with Gasteiger partial charge in [0.05, 0.1) is 29.4 Å². The second kappa shape index (κ2) is 7.69. The van der Waals surface area contributed by atoms with E-state index in [2.05, 4.69) is 16.4 Å². The van der Waals surface area contributed by atoms with Crippen molar-refractivity contribution < 1.29 is 9.59 Å². The highest BCUT2D eigenvalue weighted by molar-refractivity contribution is 6.31. The molecule has 2 saturated carbocycles. The highest BCUT2D eigenvalue weighted by Crippen LogP contribution is 2.48. The molecule has 0 spiro atoms.